The first-order chi connectivity index (χ1) is 5.39. The lowest BCUT2D eigenvalue weighted by molar-refractivity contribution is 0.571. The van der Waals surface area contributed by atoms with Gasteiger partial charge >= 0.3 is 0 Å². The second kappa shape index (κ2) is 3.17. The summed E-state index contributed by atoms with van der Waals surface area (Å²) >= 11 is 3.27. The molecule has 0 aromatic heterocycles. The van der Waals surface area contributed by atoms with Gasteiger partial charge < -0.3 is 0 Å². The zero-order valence-electron chi connectivity index (χ0n) is 7.49. The molecule has 0 nitrogen and oxygen atoms in total. The van der Waals surface area contributed by atoms with Crippen molar-refractivity contribution in [2.75, 3.05) is 0 Å². The van der Waals surface area contributed by atoms with Crippen molar-refractivity contribution in [2.45, 2.75) is 26.2 Å². The smallest absolute Gasteiger partial charge is 0.124 e. The summed E-state index contributed by atoms with van der Waals surface area (Å²) in [5, 5.41) is 0. The molecule has 0 aliphatic rings. The Morgan fingerprint density at radius 2 is 1.75 bits per heavy atom. The van der Waals surface area contributed by atoms with Gasteiger partial charge in [-0.3, -0.25) is 0 Å². The number of rotatable bonds is 0. The van der Waals surface area contributed by atoms with Crippen LogP contribution in [-0.4, -0.2) is 0 Å². The maximum Gasteiger partial charge on any atom is 0.124 e. The van der Waals surface area contributed by atoms with Crippen molar-refractivity contribution in [1.82, 2.24) is 0 Å². The molecule has 0 saturated heterocycles. The van der Waals surface area contributed by atoms with Crippen LogP contribution in [-0.2, 0) is 5.41 Å². The summed E-state index contributed by atoms with van der Waals surface area (Å²) in [6.07, 6.45) is 0. The second-order valence-electron chi connectivity index (χ2n) is 3.91. The third-order valence-corrected chi connectivity index (χ3v) is 2.19. The quantitative estimate of drug-likeness (QED) is 0.635. The SMILES string of the molecule is CC(C)(C)c1cc(F)cc(Br)c1. The molecule has 66 valence electrons. The predicted molar refractivity (Wildman–Crippen MR) is 52.8 cm³/mol. The van der Waals surface area contributed by atoms with Crippen LogP contribution in [0, 0.1) is 5.82 Å². The summed E-state index contributed by atoms with van der Waals surface area (Å²) in [6, 6.07) is 4.99. The van der Waals surface area contributed by atoms with E-state index in [2.05, 4.69) is 36.7 Å². The number of halogens is 2. The first kappa shape index (κ1) is 9.72. The van der Waals surface area contributed by atoms with E-state index in [9.17, 15) is 4.39 Å². The highest BCUT2D eigenvalue weighted by molar-refractivity contribution is 9.10. The Balaban J connectivity index is 3.18. The minimum absolute atomic E-state index is 0.00458. The summed E-state index contributed by atoms with van der Waals surface area (Å²) in [6.45, 7) is 6.19. The van der Waals surface area contributed by atoms with Gasteiger partial charge in [0.05, 0.1) is 0 Å². The highest BCUT2D eigenvalue weighted by Gasteiger charge is 2.14. The Morgan fingerprint density at radius 3 is 2.17 bits per heavy atom. The summed E-state index contributed by atoms with van der Waals surface area (Å²) < 4.78 is 13.7. The molecule has 12 heavy (non-hydrogen) atoms. The Morgan fingerprint density at radius 1 is 1.17 bits per heavy atom. The van der Waals surface area contributed by atoms with Gasteiger partial charge in [0.2, 0.25) is 0 Å². The zero-order chi connectivity index (χ0) is 9.35. The van der Waals surface area contributed by atoms with Crippen LogP contribution in [0.4, 0.5) is 4.39 Å². The molecule has 0 amide bonds. The van der Waals surface area contributed by atoms with E-state index >= 15 is 0 Å². The Kier molecular flexibility index (Phi) is 2.57. The minimum Gasteiger partial charge on any atom is -0.207 e. The van der Waals surface area contributed by atoms with Crippen LogP contribution in [0.1, 0.15) is 26.3 Å². The molecule has 2 heteroatoms. The van der Waals surface area contributed by atoms with E-state index in [1.165, 1.54) is 6.07 Å². The highest BCUT2D eigenvalue weighted by atomic mass is 79.9. The molecule has 0 aliphatic carbocycles. The minimum atomic E-state index is -0.186. The largest absolute Gasteiger partial charge is 0.207 e. The Labute approximate surface area is 80.9 Å². The third kappa shape index (κ3) is 2.31. The van der Waals surface area contributed by atoms with Crippen LogP contribution in [0.3, 0.4) is 0 Å². The van der Waals surface area contributed by atoms with Crippen molar-refractivity contribution in [1.29, 1.82) is 0 Å². The van der Waals surface area contributed by atoms with Crippen LogP contribution in [0.2, 0.25) is 0 Å². The molecule has 0 saturated carbocycles. The van der Waals surface area contributed by atoms with Crippen LogP contribution in [0.15, 0.2) is 22.7 Å². The lowest BCUT2D eigenvalue weighted by atomic mass is 9.87. The van der Waals surface area contributed by atoms with Gasteiger partial charge in [-0.05, 0) is 29.2 Å². The van der Waals surface area contributed by atoms with Crippen LogP contribution < -0.4 is 0 Å². The van der Waals surface area contributed by atoms with Gasteiger partial charge in [-0.25, -0.2) is 4.39 Å². The van der Waals surface area contributed by atoms with Gasteiger partial charge in [0.25, 0.3) is 0 Å². The molecule has 0 heterocycles. The summed E-state index contributed by atoms with van der Waals surface area (Å²) in [5.41, 5.74) is 1.01. The second-order valence-corrected chi connectivity index (χ2v) is 4.82. The zero-order valence-corrected chi connectivity index (χ0v) is 9.07. The third-order valence-electron chi connectivity index (χ3n) is 1.73. The molecule has 0 bridgehead atoms. The van der Waals surface area contributed by atoms with E-state index in [1.54, 1.807) is 6.07 Å². The van der Waals surface area contributed by atoms with Gasteiger partial charge in [0, 0.05) is 4.47 Å². The first-order valence-electron chi connectivity index (χ1n) is 3.86. The average Bonchev–Trinajstić information content (AvgIpc) is 1.82. The molecule has 0 radical (unpaired) electrons. The lowest BCUT2D eigenvalue weighted by Gasteiger charge is -2.19. The molecular weight excluding hydrogens is 219 g/mol. The molecule has 0 spiro atoms. The van der Waals surface area contributed by atoms with E-state index in [-0.39, 0.29) is 11.2 Å². The lowest BCUT2D eigenvalue weighted by Crippen LogP contribution is -2.11. The van der Waals surface area contributed by atoms with Crippen molar-refractivity contribution >= 4 is 15.9 Å². The fourth-order valence-corrected chi connectivity index (χ4v) is 1.45. The van der Waals surface area contributed by atoms with E-state index in [1.807, 2.05) is 6.07 Å². The van der Waals surface area contributed by atoms with E-state index in [0.29, 0.717) is 0 Å². The molecule has 0 N–H and O–H groups in total. The summed E-state index contributed by atoms with van der Waals surface area (Å²) in [4.78, 5) is 0. The van der Waals surface area contributed by atoms with E-state index in [0.717, 1.165) is 10.0 Å². The van der Waals surface area contributed by atoms with Crippen molar-refractivity contribution in [2.24, 2.45) is 0 Å². The molecule has 1 aromatic carbocycles. The van der Waals surface area contributed by atoms with E-state index in [4.69, 9.17) is 0 Å². The Bertz CT molecular complexity index is 266. The predicted octanol–water partition coefficient (Wildman–Crippen LogP) is 3.89. The molecule has 1 aromatic rings. The van der Waals surface area contributed by atoms with Crippen LogP contribution in [0.25, 0.3) is 0 Å². The average molecular weight is 231 g/mol. The summed E-state index contributed by atoms with van der Waals surface area (Å²) in [7, 11) is 0. The fraction of sp³-hybridized carbons (Fsp3) is 0.400. The summed E-state index contributed by atoms with van der Waals surface area (Å²) in [5.74, 6) is -0.186. The van der Waals surface area contributed by atoms with Gasteiger partial charge in [0.1, 0.15) is 5.82 Å². The number of benzene rings is 1. The van der Waals surface area contributed by atoms with Crippen LogP contribution >= 0.6 is 15.9 Å². The van der Waals surface area contributed by atoms with Crippen LogP contribution in [0.5, 0.6) is 0 Å². The number of hydrogen-bond acceptors (Lipinski definition) is 0. The molecule has 0 aliphatic heterocycles. The van der Waals surface area contributed by atoms with Crippen molar-refractivity contribution < 1.29 is 4.39 Å². The molecule has 0 atom stereocenters. The van der Waals surface area contributed by atoms with Gasteiger partial charge in [0.15, 0.2) is 0 Å². The fourth-order valence-electron chi connectivity index (χ4n) is 0.987. The van der Waals surface area contributed by atoms with Crippen molar-refractivity contribution in [3.05, 3.63) is 34.1 Å². The molecule has 1 rings (SSSR count). The molecule has 0 fully saturated rings. The Hall–Kier alpha value is -0.370. The van der Waals surface area contributed by atoms with Gasteiger partial charge in [-0.1, -0.05) is 36.7 Å². The monoisotopic (exact) mass is 230 g/mol. The highest BCUT2D eigenvalue weighted by Crippen LogP contribution is 2.25. The van der Waals surface area contributed by atoms with Crippen molar-refractivity contribution in [3.63, 3.8) is 0 Å². The maximum absolute atomic E-state index is 12.9. The first-order valence-corrected chi connectivity index (χ1v) is 4.65. The van der Waals surface area contributed by atoms with Gasteiger partial charge in [-0.2, -0.15) is 0 Å². The van der Waals surface area contributed by atoms with E-state index < -0.39 is 0 Å². The van der Waals surface area contributed by atoms with Gasteiger partial charge in [-0.15, -0.1) is 0 Å². The standard InChI is InChI=1S/C10H12BrF/c1-10(2,3)7-4-8(11)6-9(12)5-7/h4-6H,1-3H3. The molecule has 0 unspecified atom stereocenters. The normalized spacial score (nSPS) is 11.8. The van der Waals surface area contributed by atoms with Crippen molar-refractivity contribution in [3.8, 4) is 0 Å². The maximum atomic E-state index is 12.9. The topological polar surface area (TPSA) is 0 Å². The molecular formula is C10H12BrF. The number of hydrogen-bond donors (Lipinski definition) is 0.